The molecule has 6 nitrogen and oxygen atoms in total. The van der Waals surface area contributed by atoms with Crippen molar-refractivity contribution in [1.29, 1.82) is 0 Å². The molecular weight excluding hydrogens is 272 g/mol. The predicted octanol–water partition coefficient (Wildman–Crippen LogP) is 1.77. The topological polar surface area (TPSA) is 78.9 Å². The van der Waals surface area contributed by atoms with Gasteiger partial charge in [-0.1, -0.05) is 18.2 Å². The maximum Gasteiger partial charge on any atom is 0.332 e. The van der Waals surface area contributed by atoms with Gasteiger partial charge in [0, 0.05) is 19.3 Å². The smallest absolute Gasteiger partial charge is 0.332 e. The molecule has 1 heterocycles. The first-order valence-corrected chi connectivity index (χ1v) is 6.94. The summed E-state index contributed by atoms with van der Waals surface area (Å²) < 4.78 is 5.35. The van der Waals surface area contributed by atoms with Crippen molar-refractivity contribution in [3.05, 3.63) is 29.8 Å². The molecule has 2 N–H and O–H groups in total. The lowest BCUT2D eigenvalue weighted by atomic mass is 10.2. The van der Waals surface area contributed by atoms with E-state index < -0.39 is 12.1 Å². The molecule has 114 valence electrons. The van der Waals surface area contributed by atoms with Crippen molar-refractivity contribution in [3.8, 4) is 0 Å². The largest absolute Gasteiger partial charge is 0.479 e. The van der Waals surface area contributed by atoms with Gasteiger partial charge in [0.25, 0.3) is 0 Å². The molecule has 0 saturated carbocycles. The maximum atomic E-state index is 12.1. The molecule has 0 aliphatic carbocycles. The second-order valence-electron chi connectivity index (χ2n) is 5.19. The Morgan fingerprint density at radius 1 is 1.38 bits per heavy atom. The van der Waals surface area contributed by atoms with Crippen molar-refractivity contribution in [1.82, 2.24) is 5.32 Å². The normalized spacial score (nSPS) is 21.0. The van der Waals surface area contributed by atoms with Crippen LogP contribution in [0.1, 0.15) is 18.4 Å². The van der Waals surface area contributed by atoms with E-state index in [1.54, 1.807) is 11.9 Å². The van der Waals surface area contributed by atoms with Gasteiger partial charge in [0.1, 0.15) is 0 Å². The number of nitrogens with zero attached hydrogens (tertiary/aromatic N) is 1. The number of aliphatic carboxylic acids is 1. The Kier molecular flexibility index (Phi) is 4.80. The molecule has 1 saturated heterocycles. The van der Waals surface area contributed by atoms with Crippen LogP contribution in [-0.2, 0) is 9.53 Å². The number of amides is 2. The lowest BCUT2D eigenvalue weighted by Crippen LogP contribution is -2.41. The first-order chi connectivity index (χ1) is 9.99. The molecule has 0 spiro atoms. The molecule has 1 aromatic rings. The van der Waals surface area contributed by atoms with Crippen molar-refractivity contribution in [3.63, 3.8) is 0 Å². The van der Waals surface area contributed by atoms with Crippen LogP contribution in [0.2, 0.25) is 0 Å². The summed E-state index contributed by atoms with van der Waals surface area (Å²) in [6, 6.07) is 7.39. The Bertz CT molecular complexity index is 532. The van der Waals surface area contributed by atoms with Gasteiger partial charge in [0.2, 0.25) is 0 Å². The molecule has 1 fully saturated rings. The fourth-order valence-corrected chi connectivity index (χ4v) is 2.41. The Labute approximate surface area is 123 Å². The maximum absolute atomic E-state index is 12.1. The number of ether oxygens (including phenoxy) is 1. The summed E-state index contributed by atoms with van der Waals surface area (Å²) in [5.41, 5.74) is 1.85. The van der Waals surface area contributed by atoms with Gasteiger partial charge in [-0.15, -0.1) is 0 Å². The molecule has 0 bridgehead atoms. The van der Waals surface area contributed by atoms with Gasteiger partial charge in [-0.25, -0.2) is 9.59 Å². The minimum atomic E-state index is -0.944. The number of para-hydroxylation sites is 1. The monoisotopic (exact) mass is 292 g/mol. The fourth-order valence-electron chi connectivity index (χ4n) is 2.41. The van der Waals surface area contributed by atoms with Gasteiger partial charge < -0.3 is 15.2 Å². The summed E-state index contributed by atoms with van der Waals surface area (Å²) in [5, 5.41) is 11.6. The first kappa shape index (κ1) is 15.3. The number of hydrogen-bond donors (Lipinski definition) is 2. The number of carboxylic acids is 1. The Hall–Kier alpha value is -2.08. The van der Waals surface area contributed by atoms with Crippen molar-refractivity contribution in [2.45, 2.75) is 32.0 Å². The molecule has 2 atom stereocenters. The van der Waals surface area contributed by atoms with E-state index in [1.807, 2.05) is 31.2 Å². The zero-order valence-corrected chi connectivity index (χ0v) is 12.2. The van der Waals surface area contributed by atoms with E-state index in [0.29, 0.717) is 19.4 Å². The van der Waals surface area contributed by atoms with Crippen molar-refractivity contribution in [2.24, 2.45) is 0 Å². The second kappa shape index (κ2) is 6.58. The SMILES string of the molecule is Cc1ccccc1N(C)C(=O)NCC1CCC(C(=O)O)O1. The van der Waals surface area contributed by atoms with Gasteiger partial charge in [-0.05, 0) is 31.4 Å². The van der Waals surface area contributed by atoms with Crippen LogP contribution in [0.5, 0.6) is 0 Å². The van der Waals surface area contributed by atoms with Crippen LogP contribution in [0, 0.1) is 6.92 Å². The van der Waals surface area contributed by atoms with Crippen LogP contribution in [-0.4, -0.2) is 42.9 Å². The summed E-state index contributed by atoms with van der Waals surface area (Å²) >= 11 is 0. The van der Waals surface area contributed by atoms with E-state index in [9.17, 15) is 9.59 Å². The number of rotatable bonds is 4. The number of aryl methyl sites for hydroxylation is 1. The summed E-state index contributed by atoms with van der Waals surface area (Å²) in [7, 11) is 1.70. The van der Waals surface area contributed by atoms with E-state index in [-0.39, 0.29) is 12.1 Å². The van der Waals surface area contributed by atoms with Crippen LogP contribution in [0.25, 0.3) is 0 Å². The van der Waals surface area contributed by atoms with E-state index in [0.717, 1.165) is 11.3 Å². The van der Waals surface area contributed by atoms with E-state index in [1.165, 1.54) is 0 Å². The van der Waals surface area contributed by atoms with E-state index >= 15 is 0 Å². The highest BCUT2D eigenvalue weighted by Gasteiger charge is 2.30. The summed E-state index contributed by atoms with van der Waals surface area (Å²) in [5.74, 6) is -0.944. The third kappa shape index (κ3) is 3.72. The van der Waals surface area contributed by atoms with Crippen LogP contribution in [0.3, 0.4) is 0 Å². The van der Waals surface area contributed by atoms with Crippen LogP contribution in [0.15, 0.2) is 24.3 Å². The average Bonchev–Trinajstić information content (AvgIpc) is 2.93. The highest BCUT2D eigenvalue weighted by molar-refractivity contribution is 5.92. The minimum absolute atomic E-state index is 0.230. The second-order valence-corrected chi connectivity index (χ2v) is 5.19. The van der Waals surface area contributed by atoms with Crippen molar-refractivity contribution >= 4 is 17.7 Å². The first-order valence-electron chi connectivity index (χ1n) is 6.94. The van der Waals surface area contributed by atoms with Crippen LogP contribution in [0.4, 0.5) is 10.5 Å². The predicted molar refractivity (Wildman–Crippen MR) is 78.5 cm³/mol. The number of nitrogens with one attached hydrogen (secondary N) is 1. The number of hydrogen-bond acceptors (Lipinski definition) is 3. The van der Waals surface area contributed by atoms with Crippen molar-refractivity contribution in [2.75, 3.05) is 18.5 Å². The third-order valence-electron chi connectivity index (χ3n) is 3.65. The molecule has 6 heteroatoms. The molecule has 1 aliphatic rings. The molecule has 21 heavy (non-hydrogen) atoms. The zero-order valence-electron chi connectivity index (χ0n) is 12.2. The average molecular weight is 292 g/mol. The molecule has 2 rings (SSSR count). The molecule has 1 aliphatic heterocycles. The number of carbonyl (C=O) groups excluding carboxylic acids is 1. The Balaban J connectivity index is 1.85. The van der Waals surface area contributed by atoms with Crippen LogP contribution < -0.4 is 10.2 Å². The highest BCUT2D eigenvalue weighted by Crippen LogP contribution is 2.20. The van der Waals surface area contributed by atoms with Gasteiger partial charge in [-0.3, -0.25) is 4.90 Å². The lowest BCUT2D eigenvalue weighted by molar-refractivity contribution is -0.149. The summed E-state index contributed by atoms with van der Waals surface area (Å²) in [6.07, 6.45) is 0.149. The third-order valence-corrected chi connectivity index (χ3v) is 3.65. The number of anilines is 1. The fraction of sp³-hybridized carbons (Fsp3) is 0.467. The number of urea groups is 1. The number of benzene rings is 1. The van der Waals surface area contributed by atoms with Gasteiger partial charge in [0.15, 0.2) is 6.10 Å². The highest BCUT2D eigenvalue weighted by atomic mass is 16.5. The van der Waals surface area contributed by atoms with Crippen LogP contribution >= 0.6 is 0 Å². The number of carbonyl (C=O) groups is 2. The van der Waals surface area contributed by atoms with Crippen molar-refractivity contribution < 1.29 is 19.4 Å². The van der Waals surface area contributed by atoms with Gasteiger partial charge in [-0.2, -0.15) is 0 Å². The summed E-state index contributed by atoms with van der Waals surface area (Å²) in [4.78, 5) is 24.4. The molecule has 0 radical (unpaired) electrons. The number of carboxylic acid groups (broad SMARTS) is 1. The van der Waals surface area contributed by atoms with E-state index in [2.05, 4.69) is 5.32 Å². The standard InChI is InChI=1S/C15H20N2O4/c1-10-5-3-4-6-12(10)17(2)15(20)16-9-11-7-8-13(21-11)14(18)19/h3-6,11,13H,7-9H2,1-2H3,(H,16,20)(H,18,19). The molecule has 2 unspecified atom stereocenters. The molecular formula is C15H20N2O4. The Morgan fingerprint density at radius 2 is 2.10 bits per heavy atom. The molecule has 2 amide bonds. The molecule has 0 aromatic heterocycles. The van der Waals surface area contributed by atoms with Gasteiger partial charge in [0.05, 0.1) is 6.10 Å². The minimum Gasteiger partial charge on any atom is -0.479 e. The molecule has 1 aromatic carbocycles. The van der Waals surface area contributed by atoms with Gasteiger partial charge >= 0.3 is 12.0 Å². The quantitative estimate of drug-likeness (QED) is 0.886. The van der Waals surface area contributed by atoms with E-state index in [4.69, 9.17) is 9.84 Å². The Morgan fingerprint density at radius 3 is 2.71 bits per heavy atom. The lowest BCUT2D eigenvalue weighted by Gasteiger charge is -2.21. The summed E-state index contributed by atoms with van der Waals surface area (Å²) in [6.45, 7) is 2.26. The zero-order chi connectivity index (χ0) is 15.4.